The average molecular weight is 327 g/mol. The maximum absolute atomic E-state index is 11.3. The number of amides is 1. The second-order valence-corrected chi connectivity index (χ2v) is 5.31. The van der Waals surface area contributed by atoms with Crippen LogP contribution in [0.1, 0.15) is 22.1 Å². The highest BCUT2D eigenvalue weighted by Gasteiger charge is 2.21. The fraction of sp³-hybridized carbons (Fsp3) is 0.154. The molecule has 0 spiro atoms. The summed E-state index contributed by atoms with van der Waals surface area (Å²) >= 11 is 9.74. The van der Waals surface area contributed by atoms with Gasteiger partial charge in [-0.05, 0) is 39.2 Å². The first-order chi connectivity index (χ1) is 8.65. The van der Waals surface area contributed by atoms with E-state index in [4.69, 9.17) is 16.0 Å². The Labute approximate surface area is 117 Å². The number of anilines is 1. The topological polar surface area (TPSA) is 42.2 Å². The molecule has 0 bridgehead atoms. The van der Waals surface area contributed by atoms with Crippen molar-refractivity contribution in [2.45, 2.75) is 11.8 Å². The van der Waals surface area contributed by atoms with Gasteiger partial charge >= 0.3 is 0 Å². The van der Waals surface area contributed by atoms with E-state index in [0.717, 1.165) is 22.4 Å². The summed E-state index contributed by atoms with van der Waals surface area (Å²) in [6.07, 6.45) is 2.01. The van der Waals surface area contributed by atoms with Crippen molar-refractivity contribution in [3.63, 3.8) is 0 Å². The van der Waals surface area contributed by atoms with Crippen molar-refractivity contribution in [2.75, 3.05) is 5.32 Å². The Kier molecular flexibility index (Phi) is 2.92. The van der Waals surface area contributed by atoms with Crippen LogP contribution in [-0.2, 0) is 11.2 Å². The number of hydrogen-bond donors (Lipinski definition) is 1. The monoisotopic (exact) mass is 325 g/mol. The van der Waals surface area contributed by atoms with Gasteiger partial charge in [-0.3, -0.25) is 4.79 Å². The van der Waals surface area contributed by atoms with Gasteiger partial charge in [0.05, 0.1) is 18.1 Å². The lowest BCUT2D eigenvalue weighted by Gasteiger charge is -2.10. The van der Waals surface area contributed by atoms with Crippen LogP contribution >= 0.6 is 27.5 Å². The first-order valence-corrected chi connectivity index (χ1v) is 6.68. The van der Waals surface area contributed by atoms with Crippen molar-refractivity contribution in [1.82, 2.24) is 0 Å². The number of hydrogen-bond acceptors (Lipinski definition) is 2. The first kappa shape index (κ1) is 11.8. The Morgan fingerprint density at radius 1 is 1.39 bits per heavy atom. The van der Waals surface area contributed by atoms with Crippen LogP contribution in [0.2, 0.25) is 0 Å². The second kappa shape index (κ2) is 4.44. The molecule has 0 fully saturated rings. The summed E-state index contributed by atoms with van der Waals surface area (Å²) < 4.78 is 5.82. The minimum Gasteiger partial charge on any atom is -0.457 e. The molecule has 5 heteroatoms. The van der Waals surface area contributed by atoms with Crippen LogP contribution in [0.25, 0.3) is 0 Å². The zero-order valence-electron chi connectivity index (χ0n) is 9.24. The van der Waals surface area contributed by atoms with Gasteiger partial charge in [-0.25, -0.2) is 0 Å². The molecule has 1 N–H and O–H groups in total. The van der Waals surface area contributed by atoms with Crippen LogP contribution < -0.4 is 5.32 Å². The molecule has 18 heavy (non-hydrogen) atoms. The highest BCUT2D eigenvalue weighted by molar-refractivity contribution is 9.10. The van der Waals surface area contributed by atoms with Gasteiger partial charge in [-0.1, -0.05) is 12.1 Å². The van der Waals surface area contributed by atoms with Gasteiger partial charge in [0.1, 0.15) is 0 Å². The predicted octanol–water partition coefficient (Wildman–Crippen LogP) is 3.86. The van der Waals surface area contributed by atoms with Crippen molar-refractivity contribution >= 4 is 39.1 Å². The van der Waals surface area contributed by atoms with E-state index >= 15 is 0 Å². The molecule has 0 saturated heterocycles. The van der Waals surface area contributed by atoms with Crippen molar-refractivity contribution in [1.29, 1.82) is 0 Å². The average Bonchev–Trinajstić information content (AvgIpc) is 2.91. The third-order valence-electron chi connectivity index (χ3n) is 2.97. The number of rotatable bonds is 2. The summed E-state index contributed by atoms with van der Waals surface area (Å²) in [5.74, 6) is 0.0257. The van der Waals surface area contributed by atoms with E-state index in [2.05, 4.69) is 21.2 Å². The molecule has 1 aromatic carbocycles. The van der Waals surface area contributed by atoms with Crippen LogP contribution in [0.15, 0.2) is 39.6 Å². The SMILES string of the molecule is O=C1Cc2cc(C(Cl)c3ccoc3Br)ccc2N1. The Morgan fingerprint density at radius 2 is 2.22 bits per heavy atom. The lowest BCUT2D eigenvalue weighted by atomic mass is 10.0. The standard InChI is InChI=1S/C13H9BrClNO2/c14-13-9(3-4-18-13)12(15)7-1-2-10-8(5-7)6-11(17)16-10/h1-5,12H,6H2,(H,16,17). The van der Waals surface area contributed by atoms with Crippen molar-refractivity contribution in [3.05, 3.63) is 51.9 Å². The number of carbonyl (C=O) groups excluding carboxylic acids is 1. The number of nitrogens with one attached hydrogen (secondary N) is 1. The van der Waals surface area contributed by atoms with E-state index in [9.17, 15) is 4.79 Å². The molecular formula is C13H9BrClNO2. The van der Waals surface area contributed by atoms with Gasteiger partial charge in [-0.2, -0.15) is 0 Å². The number of benzene rings is 1. The lowest BCUT2D eigenvalue weighted by molar-refractivity contribution is -0.115. The Morgan fingerprint density at radius 3 is 2.94 bits per heavy atom. The van der Waals surface area contributed by atoms with Crippen LogP contribution in [0.4, 0.5) is 5.69 Å². The van der Waals surface area contributed by atoms with E-state index in [0.29, 0.717) is 11.1 Å². The van der Waals surface area contributed by atoms with Crippen molar-refractivity contribution in [3.8, 4) is 0 Å². The van der Waals surface area contributed by atoms with E-state index in [1.54, 1.807) is 6.26 Å². The van der Waals surface area contributed by atoms with Gasteiger partial charge in [0.2, 0.25) is 5.91 Å². The minimum absolute atomic E-state index is 0.0257. The van der Waals surface area contributed by atoms with Gasteiger partial charge in [0.25, 0.3) is 0 Å². The first-order valence-electron chi connectivity index (χ1n) is 5.45. The highest BCUT2D eigenvalue weighted by Crippen LogP contribution is 2.36. The fourth-order valence-electron chi connectivity index (χ4n) is 2.07. The largest absolute Gasteiger partial charge is 0.457 e. The summed E-state index contributed by atoms with van der Waals surface area (Å²) in [6, 6.07) is 7.60. The summed E-state index contributed by atoms with van der Waals surface area (Å²) in [4.78, 5) is 11.3. The summed E-state index contributed by atoms with van der Waals surface area (Å²) in [5, 5.41) is 2.51. The molecule has 92 valence electrons. The molecule has 1 amide bonds. The molecule has 2 aromatic rings. The van der Waals surface area contributed by atoms with E-state index in [1.165, 1.54) is 0 Å². The molecule has 1 aliphatic rings. The van der Waals surface area contributed by atoms with Gasteiger partial charge in [-0.15, -0.1) is 11.6 Å². The van der Waals surface area contributed by atoms with E-state index in [1.807, 2.05) is 24.3 Å². The lowest BCUT2D eigenvalue weighted by Crippen LogP contribution is -2.03. The molecule has 2 heterocycles. The zero-order valence-corrected chi connectivity index (χ0v) is 11.6. The summed E-state index contributed by atoms with van der Waals surface area (Å²) in [6.45, 7) is 0. The second-order valence-electron chi connectivity index (χ2n) is 4.15. The molecule has 1 aliphatic heterocycles. The zero-order chi connectivity index (χ0) is 12.7. The Bertz CT molecular complexity index is 623. The molecule has 3 nitrogen and oxygen atoms in total. The normalized spacial score (nSPS) is 15.3. The predicted molar refractivity (Wildman–Crippen MR) is 72.9 cm³/mol. The molecule has 0 saturated carbocycles. The molecule has 3 rings (SSSR count). The van der Waals surface area contributed by atoms with Crippen LogP contribution in [0.3, 0.4) is 0 Å². The molecule has 1 aromatic heterocycles. The number of furan rings is 1. The van der Waals surface area contributed by atoms with Gasteiger partial charge in [0, 0.05) is 11.3 Å². The third-order valence-corrected chi connectivity index (χ3v) is 4.10. The number of halogens is 2. The molecule has 0 radical (unpaired) electrons. The minimum atomic E-state index is -0.292. The number of alkyl halides is 1. The van der Waals surface area contributed by atoms with Gasteiger partial charge in [0.15, 0.2) is 4.67 Å². The van der Waals surface area contributed by atoms with Crippen molar-refractivity contribution < 1.29 is 9.21 Å². The van der Waals surface area contributed by atoms with E-state index in [-0.39, 0.29) is 11.3 Å². The van der Waals surface area contributed by atoms with Gasteiger partial charge < -0.3 is 9.73 Å². The highest BCUT2D eigenvalue weighted by atomic mass is 79.9. The number of carbonyl (C=O) groups is 1. The Balaban J connectivity index is 1.97. The smallest absolute Gasteiger partial charge is 0.228 e. The van der Waals surface area contributed by atoms with E-state index < -0.39 is 0 Å². The summed E-state index contributed by atoms with van der Waals surface area (Å²) in [5.41, 5.74) is 3.70. The fourth-order valence-corrected chi connectivity index (χ4v) is 2.98. The van der Waals surface area contributed by atoms with Crippen LogP contribution in [0.5, 0.6) is 0 Å². The third kappa shape index (κ3) is 1.95. The van der Waals surface area contributed by atoms with Crippen LogP contribution in [0, 0.1) is 0 Å². The maximum atomic E-state index is 11.3. The quantitative estimate of drug-likeness (QED) is 0.851. The van der Waals surface area contributed by atoms with Crippen LogP contribution in [-0.4, -0.2) is 5.91 Å². The summed E-state index contributed by atoms with van der Waals surface area (Å²) in [7, 11) is 0. The number of fused-ring (bicyclic) bond motifs is 1. The molecule has 0 aliphatic carbocycles. The molecule has 1 unspecified atom stereocenters. The Hall–Kier alpha value is -1.26. The van der Waals surface area contributed by atoms with Crippen molar-refractivity contribution in [2.24, 2.45) is 0 Å². The maximum Gasteiger partial charge on any atom is 0.228 e. The molecular weight excluding hydrogens is 318 g/mol. The molecule has 1 atom stereocenters.